The van der Waals surface area contributed by atoms with Crippen LogP contribution >= 0.6 is 0 Å². The average molecular weight is 291 g/mol. The first-order valence-electron chi connectivity index (χ1n) is 7.18. The molecule has 2 amide bonds. The van der Waals surface area contributed by atoms with Crippen molar-refractivity contribution in [2.75, 3.05) is 6.54 Å². The van der Waals surface area contributed by atoms with Crippen molar-refractivity contribution in [2.45, 2.75) is 37.8 Å². The maximum Gasteiger partial charge on any atom is 0.242 e. The number of hydrogen-bond acceptors (Lipinski definition) is 4. The largest absolute Gasteiger partial charge is 0.508 e. The van der Waals surface area contributed by atoms with Crippen molar-refractivity contribution in [3.05, 3.63) is 29.8 Å². The van der Waals surface area contributed by atoms with Gasteiger partial charge in [-0.25, -0.2) is 0 Å². The van der Waals surface area contributed by atoms with Gasteiger partial charge in [0.15, 0.2) is 0 Å². The summed E-state index contributed by atoms with van der Waals surface area (Å²) in [5.74, 6) is -0.297. The molecule has 0 radical (unpaired) electrons. The van der Waals surface area contributed by atoms with Gasteiger partial charge in [-0.05, 0) is 43.4 Å². The molecule has 0 aromatic heterocycles. The summed E-state index contributed by atoms with van der Waals surface area (Å²) in [4.78, 5) is 23.8. The molecule has 6 heteroatoms. The summed E-state index contributed by atoms with van der Waals surface area (Å²) in [7, 11) is 0. The van der Waals surface area contributed by atoms with Crippen molar-refractivity contribution in [1.29, 1.82) is 0 Å². The van der Waals surface area contributed by atoms with Crippen LogP contribution in [0, 0.1) is 0 Å². The molecule has 1 aliphatic rings. The highest BCUT2D eigenvalue weighted by Gasteiger charge is 2.24. The fourth-order valence-electron chi connectivity index (χ4n) is 2.33. The SMILES string of the molecule is N[C@H](Cc1ccc(O)cc1)C(=O)NC1CCCCNC1=O. The molecule has 21 heavy (non-hydrogen) atoms. The molecule has 5 N–H and O–H groups in total. The fraction of sp³-hybridized carbons (Fsp3) is 0.467. The van der Waals surface area contributed by atoms with Crippen molar-refractivity contribution in [1.82, 2.24) is 10.6 Å². The number of rotatable bonds is 4. The summed E-state index contributed by atoms with van der Waals surface area (Å²) in [5.41, 5.74) is 6.74. The lowest BCUT2D eigenvalue weighted by Gasteiger charge is -2.18. The van der Waals surface area contributed by atoms with Gasteiger partial charge in [0.25, 0.3) is 0 Å². The topological polar surface area (TPSA) is 104 Å². The zero-order chi connectivity index (χ0) is 15.2. The lowest BCUT2D eigenvalue weighted by molar-refractivity contribution is -0.129. The van der Waals surface area contributed by atoms with Crippen LogP contribution in [0.2, 0.25) is 0 Å². The second-order valence-corrected chi connectivity index (χ2v) is 5.33. The van der Waals surface area contributed by atoms with E-state index in [0.29, 0.717) is 19.4 Å². The molecule has 0 aliphatic carbocycles. The van der Waals surface area contributed by atoms with Crippen LogP contribution in [0.5, 0.6) is 5.75 Å². The second-order valence-electron chi connectivity index (χ2n) is 5.33. The predicted molar refractivity (Wildman–Crippen MR) is 78.6 cm³/mol. The molecular formula is C15H21N3O3. The minimum atomic E-state index is -0.717. The van der Waals surface area contributed by atoms with Gasteiger partial charge in [0.05, 0.1) is 6.04 Å². The third-order valence-corrected chi connectivity index (χ3v) is 3.58. The maximum absolute atomic E-state index is 12.1. The van der Waals surface area contributed by atoms with Crippen molar-refractivity contribution >= 4 is 11.8 Å². The molecule has 0 saturated carbocycles. The summed E-state index contributed by atoms with van der Waals surface area (Å²) in [6.45, 7) is 0.658. The second kappa shape index (κ2) is 7.08. The molecule has 6 nitrogen and oxygen atoms in total. The molecular weight excluding hydrogens is 270 g/mol. The zero-order valence-corrected chi connectivity index (χ0v) is 11.8. The molecule has 1 aliphatic heterocycles. The Balaban J connectivity index is 1.89. The number of phenolic OH excluding ortho intramolecular Hbond substituents is 1. The Morgan fingerprint density at radius 2 is 2.10 bits per heavy atom. The van der Waals surface area contributed by atoms with Gasteiger partial charge in [-0.2, -0.15) is 0 Å². The number of nitrogens with two attached hydrogens (primary N) is 1. The highest BCUT2D eigenvalue weighted by atomic mass is 16.3. The molecule has 1 aromatic carbocycles. The Bertz CT molecular complexity index is 501. The van der Waals surface area contributed by atoms with Crippen LogP contribution in [0.25, 0.3) is 0 Å². The summed E-state index contributed by atoms with van der Waals surface area (Å²) in [6, 6.07) is 5.34. The van der Waals surface area contributed by atoms with E-state index in [9.17, 15) is 14.7 Å². The van der Waals surface area contributed by atoms with E-state index >= 15 is 0 Å². The van der Waals surface area contributed by atoms with Crippen LogP contribution in [-0.4, -0.2) is 35.5 Å². The minimum absolute atomic E-state index is 0.141. The number of amides is 2. The Hall–Kier alpha value is -2.08. The zero-order valence-electron chi connectivity index (χ0n) is 11.8. The highest BCUT2D eigenvalue weighted by molar-refractivity contribution is 5.89. The maximum atomic E-state index is 12.1. The molecule has 1 unspecified atom stereocenters. The monoisotopic (exact) mass is 291 g/mol. The molecule has 1 heterocycles. The lowest BCUT2D eigenvalue weighted by atomic mass is 10.0. The third kappa shape index (κ3) is 4.46. The van der Waals surface area contributed by atoms with E-state index in [4.69, 9.17) is 5.73 Å². The molecule has 0 bridgehead atoms. The van der Waals surface area contributed by atoms with Crippen LogP contribution in [0.15, 0.2) is 24.3 Å². The summed E-state index contributed by atoms with van der Waals surface area (Å²) >= 11 is 0. The molecule has 1 fully saturated rings. The van der Waals surface area contributed by atoms with Crippen molar-refractivity contribution in [3.63, 3.8) is 0 Å². The van der Waals surface area contributed by atoms with Crippen molar-refractivity contribution in [2.24, 2.45) is 5.73 Å². The smallest absolute Gasteiger partial charge is 0.242 e. The summed E-state index contributed by atoms with van der Waals surface area (Å²) in [6.07, 6.45) is 2.83. The number of hydrogen-bond donors (Lipinski definition) is 4. The van der Waals surface area contributed by atoms with Crippen LogP contribution in [0.3, 0.4) is 0 Å². The first kappa shape index (κ1) is 15.3. The van der Waals surface area contributed by atoms with Crippen LogP contribution in [0.4, 0.5) is 0 Å². The van der Waals surface area contributed by atoms with Crippen molar-refractivity contribution in [3.8, 4) is 5.75 Å². The summed E-state index contributed by atoms with van der Waals surface area (Å²) in [5, 5.41) is 14.7. The first-order valence-corrected chi connectivity index (χ1v) is 7.18. The van der Waals surface area contributed by atoms with Gasteiger partial charge in [0, 0.05) is 6.54 Å². The number of benzene rings is 1. The Morgan fingerprint density at radius 1 is 1.38 bits per heavy atom. The Labute approximate surface area is 123 Å². The standard InChI is InChI=1S/C15H21N3O3/c16-12(9-10-4-6-11(19)7-5-10)14(20)18-13-3-1-2-8-17-15(13)21/h4-7,12-13,19H,1-3,8-9,16H2,(H,17,21)(H,18,20)/t12-,13?/m1/s1. The lowest BCUT2D eigenvalue weighted by Crippen LogP contribution is -2.51. The van der Waals surface area contributed by atoms with E-state index < -0.39 is 12.1 Å². The molecule has 2 atom stereocenters. The van der Waals surface area contributed by atoms with E-state index in [1.807, 2.05) is 0 Å². The van der Waals surface area contributed by atoms with Gasteiger partial charge in [0.2, 0.25) is 11.8 Å². The van der Waals surface area contributed by atoms with E-state index in [-0.39, 0.29) is 17.6 Å². The van der Waals surface area contributed by atoms with Gasteiger partial charge < -0.3 is 21.5 Å². The number of phenols is 1. The third-order valence-electron chi connectivity index (χ3n) is 3.58. The van der Waals surface area contributed by atoms with E-state index in [1.165, 1.54) is 0 Å². The Kier molecular flexibility index (Phi) is 5.16. The average Bonchev–Trinajstić information content (AvgIpc) is 2.66. The molecule has 2 rings (SSSR count). The minimum Gasteiger partial charge on any atom is -0.508 e. The first-order chi connectivity index (χ1) is 10.1. The quantitative estimate of drug-likeness (QED) is 0.629. The van der Waals surface area contributed by atoms with Gasteiger partial charge in [-0.15, -0.1) is 0 Å². The van der Waals surface area contributed by atoms with Crippen molar-refractivity contribution < 1.29 is 14.7 Å². The molecule has 1 saturated heterocycles. The van der Waals surface area contributed by atoms with E-state index in [0.717, 1.165) is 18.4 Å². The van der Waals surface area contributed by atoms with Crippen LogP contribution in [-0.2, 0) is 16.0 Å². The van der Waals surface area contributed by atoms with Gasteiger partial charge >= 0.3 is 0 Å². The predicted octanol–water partition coefficient (Wildman–Crippen LogP) is 0.0469. The van der Waals surface area contributed by atoms with Crippen LogP contribution < -0.4 is 16.4 Å². The highest BCUT2D eigenvalue weighted by Crippen LogP contribution is 2.11. The molecule has 114 valence electrons. The molecule has 1 aromatic rings. The van der Waals surface area contributed by atoms with Gasteiger partial charge in [-0.1, -0.05) is 12.1 Å². The normalized spacial score (nSPS) is 20.2. The number of aromatic hydroxyl groups is 1. The molecule has 0 spiro atoms. The number of nitrogens with one attached hydrogen (secondary N) is 2. The van der Waals surface area contributed by atoms with E-state index in [2.05, 4.69) is 10.6 Å². The van der Waals surface area contributed by atoms with Crippen LogP contribution in [0.1, 0.15) is 24.8 Å². The number of carbonyl (C=O) groups is 2. The Morgan fingerprint density at radius 3 is 2.81 bits per heavy atom. The fourth-order valence-corrected chi connectivity index (χ4v) is 2.33. The number of carbonyl (C=O) groups excluding carboxylic acids is 2. The van der Waals surface area contributed by atoms with Gasteiger partial charge in [0.1, 0.15) is 11.8 Å². The van der Waals surface area contributed by atoms with Gasteiger partial charge in [-0.3, -0.25) is 9.59 Å². The summed E-state index contributed by atoms with van der Waals surface area (Å²) < 4.78 is 0. The van der Waals surface area contributed by atoms with E-state index in [1.54, 1.807) is 24.3 Å².